The number of aromatic nitrogens is 1. The average molecular weight is 465 g/mol. The Morgan fingerprint density at radius 2 is 2.06 bits per heavy atom. The molecule has 3 heterocycles. The number of carboxylic acids is 1. The predicted octanol–water partition coefficient (Wildman–Crippen LogP) is 2.34. The van der Waals surface area contributed by atoms with Gasteiger partial charge in [0.05, 0.1) is 9.79 Å². The highest BCUT2D eigenvalue weighted by molar-refractivity contribution is 8.01. The van der Waals surface area contributed by atoms with Crippen molar-refractivity contribution in [2.45, 2.75) is 22.8 Å². The van der Waals surface area contributed by atoms with E-state index in [1.807, 2.05) is 6.20 Å². The normalized spacial score (nSPS) is 20.4. The van der Waals surface area contributed by atoms with Crippen LogP contribution in [0.4, 0.5) is 10.1 Å². The molecule has 2 amide bonds. The number of anilines is 1. The number of aryl methyl sites for hydroxylation is 2. The maximum Gasteiger partial charge on any atom is 0.394 e. The molecule has 0 bridgehead atoms. The summed E-state index contributed by atoms with van der Waals surface area (Å²) in [6.07, 6.45) is 1.86. The molecule has 2 aliphatic rings. The van der Waals surface area contributed by atoms with E-state index >= 15 is 0 Å². The fraction of sp³-hybridized carbons (Fsp3) is 0.350. The third kappa shape index (κ3) is 4.30. The number of halogens is 1. The Labute approximate surface area is 186 Å². The quantitative estimate of drug-likeness (QED) is 0.463. The first-order valence-electron chi connectivity index (χ1n) is 9.58. The van der Waals surface area contributed by atoms with Crippen LogP contribution in [0, 0.1) is 18.7 Å². The molecule has 0 aliphatic carbocycles. The Hall–Kier alpha value is -2.50. The Balaban J connectivity index is 1.53. The Morgan fingerprint density at radius 3 is 2.77 bits per heavy atom. The first kappa shape index (κ1) is 21.7. The van der Waals surface area contributed by atoms with Crippen LogP contribution in [-0.4, -0.2) is 57.2 Å². The minimum Gasteiger partial charge on any atom is -0.474 e. The summed E-state index contributed by atoms with van der Waals surface area (Å²) < 4.78 is 18.6. The van der Waals surface area contributed by atoms with Gasteiger partial charge in [0.15, 0.2) is 0 Å². The molecule has 0 radical (unpaired) electrons. The van der Waals surface area contributed by atoms with Gasteiger partial charge in [0.2, 0.25) is 0 Å². The lowest BCUT2D eigenvalue weighted by molar-refractivity contribution is -0.155. The second-order valence-electron chi connectivity index (χ2n) is 7.61. The lowest BCUT2D eigenvalue weighted by atomic mass is 10.1. The SMILES string of the molecule is Cc1cc(NC(=O)c2c3c(cn2C)SNC2CN(C(=O)C(=O)O)C[C@H]2CS3)ccc1F. The second kappa shape index (κ2) is 8.56. The number of likely N-dealkylation sites (tertiary alicyclic amines) is 1. The van der Waals surface area contributed by atoms with Crippen molar-refractivity contribution in [3.63, 3.8) is 0 Å². The molecule has 31 heavy (non-hydrogen) atoms. The average Bonchev–Trinajstić information content (AvgIpc) is 3.25. The third-order valence-corrected chi connectivity index (χ3v) is 7.78. The van der Waals surface area contributed by atoms with E-state index in [4.69, 9.17) is 5.11 Å². The zero-order valence-corrected chi connectivity index (χ0v) is 18.5. The van der Waals surface area contributed by atoms with Crippen LogP contribution in [0.15, 0.2) is 34.2 Å². The van der Waals surface area contributed by atoms with Gasteiger partial charge in [-0.25, -0.2) is 9.18 Å². The summed E-state index contributed by atoms with van der Waals surface area (Å²) >= 11 is 2.90. The van der Waals surface area contributed by atoms with Crippen LogP contribution in [0.5, 0.6) is 0 Å². The van der Waals surface area contributed by atoms with E-state index in [0.717, 1.165) is 9.79 Å². The van der Waals surface area contributed by atoms with Crippen molar-refractivity contribution in [2.75, 3.05) is 24.2 Å². The molecule has 8 nitrogen and oxygen atoms in total. The van der Waals surface area contributed by atoms with Gasteiger partial charge in [-0.1, -0.05) is 0 Å². The van der Waals surface area contributed by atoms with Gasteiger partial charge in [0, 0.05) is 49.7 Å². The van der Waals surface area contributed by atoms with Gasteiger partial charge in [-0.05, 0) is 42.6 Å². The molecule has 1 aromatic heterocycles. The van der Waals surface area contributed by atoms with Crippen LogP contribution in [0.1, 0.15) is 16.1 Å². The van der Waals surface area contributed by atoms with Crippen molar-refractivity contribution in [3.8, 4) is 0 Å². The van der Waals surface area contributed by atoms with Crippen molar-refractivity contribution in [1.29, 1.82) is 0 Å². The third-order valence-electron chi connectivity index (χ3n) is 5.41. The van der Waals surface area contributed by atoms with Crippen molar-refractivity contribution in [1.82, 2.24) is 14.2 Å². The fourth-order valence-corrected chi connectivity index (χ4v) is 6.30. The summed E-state index contributed by atoms with van der Waals surface area (Å²) in [4.78, 5) is 38.9. The smallest absolute Gasteiger partial charge is 0.394 e. The molecule has 1 aromatic carbocycles. The minimum atomic E-state index is -1.45. The number of hydrogen-bond donors (Lipinski definition) is 3. The van der Waals surface area contributed by atoms with Crippen LogP contribution in [0.2, 0.25) is 0 Å². The lowest BCUT2D eigenvalue weighted by Crippen LogP contribution is -2.37. The highest BCUT2D eigenvalue weighted by Gasteiger charge is 2.39. The Bertz CT molecular complexity index is 1070. The molecule has 0 spiro atoms. The molecular weight excluding hydrogens is 443 g/mol. The van der Waals surface area contributed by atoms with Gasteiger partial charge in [0.25, 0.3) is 5.91 Å². The lowest BCUT2D eigenvalue weighted by Gasteiger charge is -2.22. The maximum atomic E-state index is 13.5. The van der Waals surface area contributed by atoms with E-state index in [1.165, 1.54) is 40.7 Å². The molecule has 1 saturated heterocycles. The van der Waals surface area contributed by atoms with Crippen LogP contribution in [0.3, 0.4) is 0 Å². The molecule has 0 saturated carbocycles. The standard InChI is InChI=1S/C20H21FN4O4S2/c1-10-5-12(3-4-13(10)21)22-18(26)16-17-15(8-24(16)2)31-23-14-7-25(19(27)20(28)29)6-11(14)9-30-17/h3-5,8,11,14,23H,6-7,9H2,1-2H3,(H,22,26)(H,28,29)/t11-,14?/m0/s1. The van der Waals surface area contributed by atoms with Gasteiger partial charge < -0.3 is 19.9 Å². The van der Waals surface area contributed by atoms with E-state index in [-0.39, 0.29) is 23.7 Å². The maximum absolute atomic E-state index is 13.5. The van der Waals surface area contributed by atoms with Gasteiger partial charge in [-0.3, -0.25) is 14.3 Å². The number of nitrogens with one attached hydrogen (secondary N) is 2. The molecule has 1 unspecified atom stereocenters. The molecule has 11 heteroatoms. The molecule has 2 aromatic rings. The van der Waals surface area contributed by atoms with E-state index < -0.39 is 11.9 Å². The molecule has 2 aliphatic heterocycles. The molecule has 1 fully saturated rings. The van der Waals surface area contributed by atoms with Gasteiger partial charge >= 0.3 is 11.9 Å². The van der Waals surface area contributed by atoms with E-state index in [0.29, 0.717) is 35.8 Å². The van der Waals surface area contributed by atoms with E-state index in [9.17, 15) is 18.8 Å². The second-order valence-corrected chi connectivity index (χ2v) is 9.52. The molecule has 3 N–H and O–H groups in total. The van der Waals surface area contributed by atoms with E-state index in [1.54, 1.807) is 24.6 Å². The van der Waals surface area contributed by atoms with Crippen molar-refractivity contribution in [2.24, 2.45) is 13.0 Å². The van der Waals surface area contributed by atoms with Crippen LogP contribution in [0.25, 0.3) is 0 Å². The molecule has 2 atom stereocenters. The monoisotopic (exact) mass is 464 g/mol. The van der Waals surface area contributed by atoms with Crippen LogP contribution in [-0.2, 0) is 16.6 Å². The molecule has 164 valence electrons. The Kier molecular flexibility index (Phi) is 6.00. The summed E-state index contributed by atoms with van der Waals surface area (Å²) in [7, 11) is 1.80. The number of aliphatic carboxylic acids is 1. The van der Waals surface area contributed by atoms with Crippen molar-refractivity contribution >= 4 is 47.2 Å². The number of thioether (sulfide) groups is 1. The van der Waals surface area contributed by atoms with Gasteiger partial charge in [0.1, 0.15) is 11.5 Å². The number of carbonyl (C=O) groups excluding carboxylic acids is 2. The number of carbonyl (C=O) groups is 3. The summed E-state index contributed by atoms with van der Waals surface area (Å²) in [6, 6.07) is 4.39. The zero-order valence-electron chi connectivity index (χ0n) is 16.8. The predicted molar refractivity (Wildman–Crippen MR) is 116 cm³/mol. The number of benzene rings is 1. The number of fused-ring (bicyclic) bond motifs is 2. The van der Waals surface area contributed by atoms with Crippen molar-refractivity contribution in [3.05, 3.63) is 41.5 Å². The summed E-state index contributed by atoms with van der Waals surface area (Å²) in [5, 5.41) is 11.8. The van der Waals surface area contributed by atoms with Gasteiger partial charge in [-0.2, -0.15) is 0 Å². The van der Waals surface area contributed by atoms with Crippen molar-refractivity contribution < 1.29 is 23.9 Å². The van der Waals surface area contributed by atoms with Crippen LogP contribution < -0.4 is 10.0 Å². The Morgan fingerprint density at radius 1 is 1.29 bits per heavy atom. The topological polar surface area (TPSA) is 104 Å². The van der Waals surface area contributed by atoms with Crippen LogP contribution >= 0.6 is 23.7 Å². The van der Waals surface area contributed by atoms with E-state index in [2.05, 4.69) is 10.0 Å². The molecular formula is C20H21FN4O4S2. The summed E-state index contributed by atoms with van der Waals surface area (Å²) in [5.41, 5.74) is 1.45. The first-order valence-corrected chi connectivity index (χ1v) is 11.4. The summed E-state index contributed by atoms with van der Waals surface area (Å²) in [5.74, 6) is -2.28. The number of nitrogens with zero attached hydrogens (tertiary/aromatic N) is 2. The fourth-order valence-electron chi connectivity index (χ4n) is 3.77. The minimum absolute atomic E-state index is 0.0337. The zero-order chi connectivity index (χ0) is 22.3. The largest absolute Gasteiger partial charge is 0.474 e. The molecule has 4 rings (SSSR count). The number of amides is 2. The first-order chi connectivity index (χ1) is 14.7. The number of hydrogen-bond acceptors (Lipinski definition) is 6. The van der Waals surface area contributed by atoms with Gasteiger partial charge in [-0.15, -0.1) is 11.8 Å². The number of rotatable bonds is 2. The highest BCUT2D eigenvalue weighted by Crippen LogP contribution is 2.40. The number of carboxylic acid groups (broad SMARTS) is 1. The highest BCUT2D eigenvalue weighted by atomic mass is 32.2. The summed E-state index contributed by atoms with van der Waals surface area (Å²) in [6.45, 7) is 2.33.